The summed E-state index contributed by atoms with van der Waals surface area (Å²) in [5.74, 6) is -1.23. The van der Waals surface area contributed by atoms with Crippen LogP contribution < -0.4 is 0 Å². The van der Waals surface area contributed by atoms with Crippen LogP contribution in [0.25, 0.3) is 0 Å². The van der Waals surface area contributed by atoms with Gasteiger partial charge in [-0.3, -0.25) is 4.90 Å². The smallest absolute Gasteiger partial charge is 0.337 e. The summed E-state index contributed by atoms with van der Waals surface area (Å²) in [5, 5.41) is 34.7. The lowest BCUT2D eigenvalue weighted by Gasteiger charge is -2.19. The van der Waals surface area contributed by atoms with Crippen molar-refractivity contribution in [3.05, 3.63) is 35.9 Å². The van der Waals surface area contributed by atoms with Crippen molar-refractivity contribution in [3.63, 3.8) is 0 Å². The van der Waals surface area contributed by atoms with Crippen LogP contribution in [0.15, 0.2) is 30.3 Å². The van der Waals surface area contributed by atoms with Crippen molar-refractivity contribution in [2.24, 2.45) is 0 Å². The fraction of sp³-hybridized carbons (Fsp3) is 0.562. The molecule has 1 atom stereocenters. The van der Waals surface area contributed by atoms with Gasteiger partial charge in [0.1, 0.15) is 0 Å². The van der Waals surface area contributed by atoms with Crippen LogP contribution in [0.4, 0.5) is 0 Å². The predicted octanol–water partition coefficient (Wildman–Crippen LogP) is 0.878. The lowest BCUT2D eigenvalue weighted by atomic mass is 10.1. The second-order valence-electron chi connectivity index (χ2n) is 4.79. The summed E-state index contributed by atoms with van der Waals surface area (Å²) in [4.78, 5) is 12.3. The lowest BCUT2D eigenvalue weighted by molar-refractivity contribution is -0.146. The highest BCUT2D eigenvalue weighted by molar-refractivity contribution is 5.73. The molecular weight excluding hydrogens is 286 g/mol. The number of carboxylic acid groups (broad SMARTS) is 1. The molecule has 0 aliphatic rings. The van der Waals surface area contributed by atoms with Gasteiger partial charge in [-0.1, -0.05) is 43.7 Å². The SMILES string of the molecule is CCCCN(CCO)CCO.O=C(O)C(O)c1ccccc1. The number of carbonyl (C=O) groups is 1. The van der Waals surface area contributed by atoms with Gasteiger partial charge in [0, 0.05) is 13.1 Å². The number of aliphatic hydroxyl groups is 3. The number of carboxylic acids is 1. The van der Waals surface area contributed by atoms with E-state index in [1.165, 1.54) is 0 Å². The third-order valence-corrected chi connectivity index (χ3v) is 3.01. The van der Waals surface area contributed by atoms with Crippen molar-refractivity contribution in [2.75, 3.05) is 32.8 Å². The van der Waals surface area contributed by atoms with Gasteiger partial charge in [0.05, 0.1) is 13.2 Å². The van der Waals surface area contributed by atoms with Gasteiger partial charge in [-0.2, -0.15) is 0 Å². The Bertz CT molecular complexity index is 379. The number of hydrogen-bond acceptors (Lipinski definition) is 5. The second-order valence-corrected chi connectivity index (χ2v) is 4.79. The van der Waals surface area contributed by atoms with E-state index >= 15 is 0 Å². The van der Waals surface area contributed by atoms with Crippen LogP contribution in [0, 0.1) is 0 Å². The van der Waals surface area contributed by atoms with Crippen LogP contribution in [-0.2, 0) is 4.79 Å². The third-order valence-electron chi connectivity index (χ3n) is 3.01. The van der Waals surface area contributed by atoms with Crippen LogP contribution in [0.3, 0.4) is 0 Å². The largest absolute Gasteiger partial charge is 0.479 e. The molecule has 0 aromatic heterocycles. The highest BCUT2D eigenvalue weighted by Crippen LogP contribution is 2.10. The summed E-state index contributed by atoms with van der Waals surface area (Å²) in [5.41, 5.74) is 0.403. The molecule has 0 bridgehead atoms. The Morgan fingerprint density at radius 3 is 2.05 bits per heavy atom. The van der Waals surface area contributed by atoms with E-state index in [0.29, 0.717) is 18.7 Å². The number of nitrogens with zero attached hydrogens (tertiary/aromatic N) is 1. The first-order chi connectivity index (χ1) is 10.6. The average molecular weight is 313 g/mol. The predicted molar refractivity (Wildman–Crippen MR) is 84.6 cm³/mol. The van der Waals surface area contributed by atoms with E-state index in [4.69, 9.17) is 20.4 Å². The first kappa shape index (κ1) is 20.5. The first-order valence-corrected chi connectivity index (χ1v) is 7.46. The molecule has 1 aromatic rings. The molecule has 0 aliphatic heterocycles. The zero-order valence-corrected chi connectivity index (χ0v) is 13.1. The van der Waals surface area contributed by atoms with Gasteiger partial charge in [-0.15, -0.1) is 0 Å². The molecule has 1 unspecified atom stereocenters. The average Bonchev–Trinajstić information content (AvgIpc) is 2.53. The van der Waals surface area contributed by atoms with E-state index in [-0.39, 0.29) is 13.2 Å². The van der Waals surface area contributed by atoms with Gasteiger partial charge >= 0.3 is 5.97 Å². The number of hydrogen-bond donors (Lipinski definition) is 4. The molecule has 0 aliphatic carbocycles. The lowest BCUT2D eigenvalue weighted by Crippen LogP contribution is -2.30. The first-order valence-electron chi connectivity index (χ1n) is 7.46. The van der Waals surface area contributed by atoms with Gasteiger partial charge in [0.25, 0.3) is 0 Å². The van der Waals surface area contributed by atoms with E-state index in [0.717, 1.165) is 19.4 Å². The molecule has 126 valence electrons. The number of benzene rings is 1. The summed E-state index contributed by atoms with van der Waals surface area (Å²) in [6, 6.07) is 8.26. The Morgan fingerprint density at radius 1 is 1.09 bits per heavy atom. The number of aliphatic carboxylic acids is 1. The maximum absolute atomic E-state index is 10.2. The normalized spacial score (nSPS) is 11.7. The van der Waals surface area contributed by atoms with Crippen LogP contribution in [0.1, 0.15) is 31.4 Å². The molecule has 0 saturated carbocycles. The fourth-order valence-corrected chi connectivity index (χ4v) is 1.78. The molecule has 6 heteroatoms. The fourth-order valence-electron chi connectivity index (χ4n) is 1.78. The minimum atomic E-state index is -1.41. The van der Waals surface area contributed by atoms with Crippen LogP contribution in [-0.4, -0.2) is 64.1 Å². The van der Waals surface area contributed by atoms with Crippen molar-refractivity contribution < 1.29 is 25.2 Å². The number of unbranched alkanes of at least 4 members (excludes halogenated alkanes) is 1. The quantitative estimate of drug-likeness (QED) is 0.540. The number of aliphatic hydroxyl groups excluding tert-OH is 3. The molecular formula is C16H27NO5. The van der Waals surface area contributed by atoms with Gasteiger partial charge in [-0.25, -0.2) is 4.79 Å². The van der Waals surface area contributed by atoms with E-state index < -0.39 is 12.1 Å². The molecule has 4 N–H and O–H groups in total. The minimum absolute atomic E-state index is 0.184. The van der Waals surface area contributed by atoms with Crippen LogP contribution in [0.5, 0.6) is 0 Å². The Morgan fingerprint density at radius 2 is 1.64 bits per heavy atom. The van der Waals surface area contributed by atoms with Crippen molar-refractivity contribution in [1.29, 1.82) is 0 Å². The molecule has 0 saturated heterocycles. The standard InChI is InChI=1S/C8H19NO2.C8H8O3/c1-2-3-4-9(5-7-10)6-8-11;9-7(8(10)11)6-4-2-1-3-5-6/h10-11H,2-8H2,1H3;1-5,7,9H,(H,10,11). The van der Waals surface area contributed by atoms with Crippen LogP contribution in [0.2, 0.25) is 0 Å². The van der Waals surface area contributed by atoms with E-state index in [1.807, 2.05) is 0 Å². The molecule has 1 aromatic carbocycles. The zero-order valence-electron chi connectivity index (χ0n) is 13.1. The molecule has 22 heavy (non-hydrogen) atoms. The maximum atomic E-state index is 10.2. The van der Waals surface area contributed by atoms with E-state index in [2.05, 4.69) is 11.8 Å². The van der Waals surface area contributed by atoms with Crippen molar-refractivity contribution in [3.8, 4) is 0 Å². The summed E-state index contributed by atoms with van der Waals surface area (Å²) in [7, 11) is 0. The second kappa shape index (κ2) is 13.2. The molecule has 0 amide bonds. The zero-order chi connectivity index (χ0) is 16.8. The monoisotopic (exact) mass is 313 g/mol. The topological polar surface area (TPSA) is 101 Å². The minimum Gasteiger partial charge on any atom is -0.479 e. The van der Waals surface area contributed by atoms with Crippen LogP contribution >= 0.6 is 0 Å². The Balaban J connectivity index is 0.000000401. The summed E-state index contributed by atoms with van der Waals surface area (Å²) >= 11 is 0. The van der Waals surface area contributed by atoms with Gasteiger partial charge < -0.3 is 20.4 Å². The van der Waals surface area contributed by atoms with Gasteiger partial charge in [0.2, 0.25) is 0 Å². The molecule has 0 spiro atoms. The maximum Gasteiger partial charge on any atom is 0.337 e. The molecule has 0 fully saturated rings. The van der Waals surface area contributed by atoms with E-state index in [1.54, 1.807) is 30.3 Å². The molecule has 6 nitrogen and oxygen atoms in total. The van der Waals surface area contributed by atoms with Crippen molar-refractivity contribution in [1.82, 2.24) is 4.90 Å². The van der Waals surface area contributed by atoms with Crippen molar-refractivity contribution >= 4 is 5.97 Å². The Labute approximate surface area is 131 Å². The highest BCUT2D eigenvalue weighted by atomic mass is 16.4. The third kappa shape index (κ3) is 9.46. The summed E-state index contributed by atoms with van der Waals surface area (Å²) in [6.45, 7) is 4.85. The summed E-state index contributed by atoms with van der Waals surface area (Å²) < 4.78 is 0. The van der Waals surface area contributed by atoms with E-state index in [9.17, 15) is 4.79 Å². The van der Waals surface area contributed by atoms with Gasteiger partial charge in [-0.05, 0) is 18.5 Å². The molecule has 0 radical (unpaired) electrons. The Kier molecular flexibility index (Phi) is 12.3. The Hall–Kier alpha value is -1.47. The van der Waals surface area contributed by atoms with Gasteiger partial charge in [0.15, 0.2) is 6.10 Å². The highest BCUT2D eigenvalue weighted by Gasteiger charge is 2.14. The summed E-state index contributed by atoms with van der Waals surface area (Å²) in [6.07, 6.45) is 0.893. The van der Waals surface area contributed by atoms with Crippen molar-refractivity contribution in [2.45, 2.75) is 25.9 Å². The molecule has 0 heterocycles. The number of rotatable bonds is 9. The molecule has 1 rings (SSSR count).